The third-order valence-corrected chi connectivity index (χ3v) is 6.71. The summed E-state index contributed by atoms with van der Waals surface area (Å²) in [6, 6.07) is 0. The van der Waals surface area contributed by atoms with Crippen LogP contribution in [0.25, 0.3) is 0 Å². The Labute approximate surface area is 138 Å². The fraction of sp³-hybridized carbons (Fsp3) is 0.882. The second-order valence-corrected chi connectivity index (χ2v) is 8.63. The first-order chi connectivity index (χ1) is 11.0. The van der Waals surface area contributed by atoms with E-state index in [4.69, 9.17) is 9.47 Å². The number of hydrogen-bond acceptors (Lipinski definition) is 4. The van der Waals surface area contributed by atoms with Gasteiger partial charge in [0.15, 0.2) is 0 Å². The molecule has 134 valence electrons. The number of rotatable bonds is 3. The average molecular weight is 346 g/mol. The van der Waals surface area contributed by atoms with Gasteiger partial charge in [0.2, 0.25) is 0 Å². The van der Waals surface area contributed by atoms with Crippen molar-refractivity contribution in [2.45, 2.75) is 69.8 Å². The number of carbonyl (C=O) groups excluding carboxylic acids is 2. The molecule has 1 spiro atoms. The molecule has 7 heteroatoms. The van der Waals surface area contributed by atoms with Gasteiger partial charge >= 0.3 is 18.1 Å². The van der Waals surface area contributed by atoms with Crippen molar-refractivity contribution >= 4 is 11.9 Å². The largest absolute Gasteiger partial charge is 0.490 e. The van der Waals surface area contributed by atoms with Gasteiger partial charge in [-0.25, -0.2) is 4.79 Å². The van der Waals surface area contributed by atoms with Gasteiger partial charge in [0.1, 0.15) is 11.2 Å². The Morgan fingerprint density at radius 2 is 1.54 bits per heavy atom. The Bertz CT molecular complexity index is 615. The maximum Gasteiger partial charge on any atom is 0.490 e. The molecule has 0 aromatic heterocycles. The van der Waals surface area contributed by atoms with Crippen molar-refractivity contribution < 1.29 is 32.2 Å². The van der Waals surface area contributed by atoms with Gasteiger partial charge < -0.3 is 9.47 Å². The average Bonchev–Trinajstić information content (AvgIpc) is 2.71. The number of carbonyl (C=O) groups is 2. The van der Waals surface area contributed by atoms with Crippen LogP contribution in [0.3, 0.4) is 0 Å². The number of halogens is 3. The zero-order chi connectivity index (χ0) is 17.5. The molecule has 4 nitrogen and oxygen atoms in total. The molecule has 0 amide bonds. The Morgan fingerprint density at radius 3 is 2.04 bits per heavy atom. The summed E-state index contributed by atoms with van der Waals surface area (Å²) in [6.07, 6.45) is -1.51. The van der Waals surface area contributed by atoms with Gasteiger partial charge in [-0.05, 0) is 49.4 Å². The molecule has 0 heterocycles. The molecule has 0 aliphatic heterocycles. The molecule has 0 aromatic carbocycles. The Morgan fingerprint density at radius 1 is 1.00 bits per heavy atom. The molecule has 0 radical (unpaired) electrons. The molecular formula is C17H21F3O4. The standard InChI is InChI=1S/C17H21F3O4/c1-9(2)12(21)23-14-4-10-3-11-5-15(6-14,8-16(10,11)7-14)24-13(22)17(18,19)20/h9-11H,3-8H2,1-2H3. The maximum atomic E-state index is 12.7. The van der Waals surface area contributed by atoms with Crippen LogP contribution in [-0.4, -0.2) is 29.3 Å². The van der Waals surface area contributed by atoms with Crippen LogP contribution in [0.15, 0.2) is 0 Å². The lowest BCUT2D eigenvalue weighted by atomic mass is 9.56. The highest BCUT2D eigenvalue weighted by Gasteiger charge is 2.77. The molecule has 0 N–H and O–H groups in total. The van der Waals surface area contributed by atoms with E-state index >= 15 is 0 Å². The highest BCUT2D eigenvalue weighted by atomic mass is 19.4. The predicted molar refractivity (Wildman–Crippen MR) is 75.7 cm³/mol. The molecule has 3 bridgehead atoms. The van der Waals surface area contributed by atoms with E-state index < -0.39 is 23.3 Å². The molecule has 4 rings (SSSR count). The van der Waals surface area contributed by atoms with Gasteiger partial charge in [-0.1, -0.05) is 13.8 Å². The van der Waals surface area contributed by atoms with Crippen LogP contribution in [0.4, 0.5) is 13.2 Å². The number of esters is 2. The van der Waals surface area contributed by atoms with Crippen molar-refractivity contribution in [3.8, 4) is 0 Å². The predicted octanol–water partition coefficient (Wildman–Crippen LogP) is 3.38. The van der Waals surface area contributed by atoms with Crippen molar-refractivity contribution in [2.24, 2.45) is 23.2 Å². The SMILES string of the molecule is CC(C)C(=O)OC12CC3CC4CC(OC(=O)C(F)(F)F)(C1)CC34C2. The number of alkyl halides is 3. The number of ether oxygens (including phenoxy) is 2. The summed E-state index contributed by atoms with van der Waals surface area (Å²) in [5, 5.41) is 0. The van der Waals surface area contributed by atoms with E-state index in [9.17, 15) is 22.8 Å². The van der Waals surface area contributed by atoms with Crippen molar-refractivity contribution in [1.29, 1.82) is 0 Å². The van der Waals surface area contributed by atoms with Gasteiger partial charge in [-0.2, -0.15) is 13.2 Å². The van der Waals surface area contributed by atoms with Gasteiger partial charge in [-0.3, -0.25) is 4.79 Å². The molecular weight excluding hydrogens is 325 g/mol. The third kappa shape index (κ3) is 2.05. The fourth-order valence-electron chi connectivity index (χ4n) is 6.11. The van der Waals surface area contributed by atoms with Crippen LogP contribution < -0.4 is 0 Å². The van der Waals surface area contributed by atoms with Crippen LogP contribution in [-0.2, 0) is 19.1 Å². The van der Waals surface area contributed by atoms with Gasteiger partial charge in [0.25, 0.3) is 0 Å². The molecule has 0 aromatic rings. The zero-order valence-corrected chi connectivity index (χ0v) is 13.7. The zero-order valence-electron chi connectivity index (χ0n) is 13.7. The van der Waals surface area contributed by atoms with Crippen LogP contribution in [0.2, 0.25) is 0 Å². The Balaban J connectivity index is 1.62. The van der Waals surface area contributed by atoms with Crippen LogP contribution in [0.5, 0.6) is 0 Å². The van der Waals surface area contributed by atoms with Gasteiger partial charge in [0.05, 0.1) is 5.92 Å². The van der Waals surface area contributed by atoms with Crippen molar-refractivity contribution in [1.82, 2.24) is 0 Å². The smallest absolute Gasteiger partial charge is 0.459 e. The first-order valence-electron chi connectivity index (χ1n) is 8.52. The highest BCUT2D eigenvalue weighted by molar-refractivity contribution is 5.76. The number of fused-ring (bicyclic) bond motifs is 2. The molecule has 4 saturated carbocycles. The van der Waals surface area contributed by atoms with E-state index in [1.165, 1.54) is 0 Å². The summed E-state index contributed by atoms with van der Waals surface area (Å²) >= 11 is 0. The van der Waals surface area contributed by atoms with Crippen molar-refractivity contribution in [2.75, 3.05) is 0 Å². The van der Waals surface area contributed by atoms with E-state index in [0.717, 1.165) is 6.42 Å². The summed E-state index contributed by atoms with van der Waals surface area (Å²) in [6.45, 7) is 3.47. The summed E-state index contributed by atoms with van der Waals surface area (Å²) in [7, 11) is 0. The lowest BCUT2D eigenvalue weighted by Gasteiger charge is -2.49. The normalized spacial score (nSPS) is 45.1. The molecule has 4 aliphatic rings. The van der Waals surface area contributed by atoms with E-state index in [0.29, 0.717) is 31.6 Å². The molecule has 0 saturated heterocycles. The van der Waals surface area contributed by atoms with E-state index in [2.05, 4.69) is 0 Å². The molecule has 4 aliphatic carbocycles. The summed E-state index contributed by atoms with van der Waals surface area (Å²) in [5.74, 6) is -2.09. The van der Waals surface area contributed by atoms with E-state index in [-0.39, 0.29) is 29.6 Å². The third-order valence-electron chi connectivity index (χ3n) is 6.71. The van der Waals surface area contributed by atoms with Crippen LogP contribution in [0.1, 0.15) is 52.4 Å². The van der Waals surface area contributed by atoms with Gasteiger partial charge in [0, 0.05) is 6.42 Å². The first-order valence-corrected chi connectivity index (χ1v) is 8.52. The maximum absolute atomic E-state index is 12.7. The lowest BCUT2D eigenvalue weighted by molar-refractivity contribution is -0.222. The second-order valence-electron chi connectivity index (χ2n) is 8.63. The Kier molecular flexibility index (Phi) is 3.02. The molecule has 5 unspecified atom stereocenters. The van der Waals surface area contributed by atoms with E-state index in [1.807, 2.05) is 0 Å². The van der Waals surface area contributed by atoms with Crippen molar-refractivity contribution in [3.05, 3.63) is 0 Å². The summed E-state index contributed by atoms with van der Waals surface area (Å²) in [4.78, 5) is 23.6. The fourth-order valence-corrected chi connectivity index (χ4v) is 6.11. The minimum absolute atomic E-state index is 0.0958. The first kappa shape index (κ1) is 16.2. The minimum Gasteiger partial charge on any atom is -0.459 e. The monoisotopic (exact) mass is 346 g/mol. The molecule has 4 fully saturated rings. The topological polar surface area (TPSA) is 52.6 Å². The van der Waals surface area contributed by atoms with Gasteiger partial charge in [-0.15, -0.1) is 0 Å². The minimum atomic E-state index is -4.99. The quantitative estimate of drug-likeness (QED) is 0.735. The second kappa shape index (κ2) is 4.47. The van der Waals surface area contributed by atoms with Crippen LogP contribution in [0, 0.1) is 23.2 Å². The lowest BCUT2D eigenvalue weighted by Crippen LogP contribution is -2.50. The molecule has 5 atom stereocenters. The highest BCUT2D eigenvalue weighted by Crippen LogP contribution is 2.78. The number of hydrogen-bond donors (Lipinski definition) is 0. The van der Waals surface area contributed by atoms with Crippen LogP contribution >= 0.6 is 0 Å². The summed E-state index contributed by atoms with van der Waals surface area (Å²) in [5.41, 5.74) is -1.99. The van der Waals surface area contributed by atoms with E-state index in [1.54, 1.807) is 13.8 Å². The Hall–Kier alpha value is -1.27. The summed E-state index contributed by atoms with van der Waals surface area (Å²) < 4.78 is 48.9. The van der Waals surface area contributed by atoms with Crippen molar-refractivity contribution in [3.63, 3.8) is 0 Å². The molecule has 24 heavy (non-hydrogen) atoms.